The van der Waals surface area contributed by atoms with Gasteiger partial charge in [0.1, 0.15) is 30.0 Å². The van der Waals surface area contributed by atoms with Crippen LogP contribution in [-0.4, -0.2) is 48.6 Å². The summed E-state index contributed by atoms with van der Waals surface area (Å²) in [6.45, 7) is 0.146. The van der Waals surface area contributed by atoms with Crippen LogP contribution in [0.25, 0.3) is 0 Å². The van der Waals surface area contributed by atoms with E-state index in [4.69, 9.17) is 23.7 Å². The summed E-state index contributed by atoms with van der Waals surface area (Å²) in [4.78, 5) is 0. The van der Waals surface area contributed by atoms with Gasteiger partial charge in [0, 0.05) is 0 Å². The van der Waals surface area contributed by atoms with Crippen molar-refractivity contribution in [3.05, 3.63) is 215 Å². The third-order valence-corrected chi connectivity index (χ3v) is 9.76. The lowest BCUT2D eigenvalue weighted by Crippen LogP contribution is -2.63. The molecule has 7 rings (SSSR count). The van der Waals surface area contributed by atoms with Crippen LogP contribution in [0.2, 0.25) is 0 Å². The number of aliphatic hydroxyl groups is 1. The normalized spacial score (nSPS) is 20.7. The van der Waals surface area contributed by atoms with Crippen molar-refractivity contribution in [2.45, 2.75) is 62.3 Å². The molecule has 1 N–H and O–H groups in total. The van der Waals surface area contributed by atoms with Gasteiger partial charge in [-0.25, -0.2) is 4.39 Å². The smallest absolute Gasteiger partial charge is 0.184 e. The highest BCUT2D eigenvalue weighted by molar-refractivity contribution is 5.47. The summed E-state index contributed by atoms with van der Waals surface area (Å²) < 4.78 is 49.9. The zero-order valence-corrected chi connectivity index (χ0v) is 30.0. The van der Waals surface area contributed by atoms with Gasteiger partial charge < -0.3 is 28.8 Å². The van der Waals surface area contributed by atoms with E-state index >= 15 is 4.39 Å². The molecule has 0 aliphatic carbocycles. The minimum absolute atomic E-state index is 0.160. The maximum atomic E-state index is 17.3. The molecular formula is C47H45FO6. The van der Waals surface area contributed by atoms with E-state index in [9.17, 15) is 5.11 Å². The minimum atomic E-state index is -1.76. The third kappa shape index (κ3) is 8.86. The second kappa shape index (κ2) is 18.4. The average Bonchev–Trinajstić information content (AvgIpc) is 3.24. The third-order valence-electron chi connectivity index (χ3n) is 9.76. The number of ether oxygens (including phenoxy) is 5. The fourth-order valence-electron chi connectivity index (χ4n) is 7.07. The summed E-state index contributed by atoms with van der Waals surface area (Å²) >= 11 is 0. The van der Waals surface area contributed by atoms with E-state index in [-0.39, 0.29) is 26.4 Å². The molecule has 1 aliphatic heterocycles. The van der Waals surface area contributed by atoms with Crippen molar-refractivity contribution in [1.82, 2.24) is 0 Å². The molecule has 0 saturated carbocycles. The maximum absolute atomic E-state index is 17.3. The molecule has 6 atom stereocenters. The standard InChI is InChI=1S/C47H45FO6/c48-41(34-53-47(38-25-13-4-14-26-38,39-27-15-5-16-28-39)40-29-17-6-18-30-40)42-43(50-31-35-19-7-1-8-20-35)44(51-32-36-21-9-2-10-22-36)45(46(49)54-42)52-33-37-23-11-3-12-24-37/h1-30,41-46,49H,31-34H2/t41?,42-,43-,44+,45+,46+/m1/s1. The molecule has 1 heterocycles. The Kier molecular flexibility index (Phi) is 12.7. The molecule has 1 aliphatic rings. The van der Waals surface area contributed by atoms with E-state index in [0.29, 0.717) is 0 Å². The molecule has 0 bridgehead atoms. The van der Waals surface area contributed by atoms with Crippen LogP contribution in [0.4, 0.5) is 4.39 Å². The number of halogens is 1. The first-order chi connectivity index (χ1) is 26.6. The van der Waals surface area contributed by atoms with Gasteiger partial charge in [0.05, 0.1) is 26.4 Å². The molecule has 1 unspecified atom stereocenters. The van der Waals surface area contributed by atoms with Crippen LogP contribution in [0.15, 0.2) is 182 Å². The predicted molar refractivity (Wildman–Crippen MR) is 206 cm³/mol. The summed E-state index contributed by atoms with van der Waals surface area (Å²) in [7, 11) is 0. The Bertz CT molecular complexity index is 1850. The second-order valence-corrected chi connectivity index (χ2v) is 13.4. The topological polar surface area (TPSA) is 66.4 Å². The highest BCUT2D eigenvalue weighted by Gasteiger charge is 2.51. The van der Waals surface area contributed by atoms with Crippen molar-refractivity contribution < 1.29 is 33.2 Å². The fraction of sp³-hybridized carbons (Fsp3) is 0.234. The van der Waals surface area contributed by atoms with Crippen LogP contribution >= 0.6 is 0 Å². The molecule has 0 amide bonds. The minimum Gasteiger partial charge on any atom is -0.368 e. The quantitative estimate of drug-likeness (QED) is 0.101. The second-order valence-electron chi connectivity index (χ2n) is 13.4. The van der Waals surface area contributed by atoms with Gasteiger partial charge in [0.15, 0.2) is 12.5 Å². The van der Waals surface area contributed by atoms with Crippen molar-refractivity contribution >= 4 is 0 Å². The monoisotopic (exact) mass is 724 g/mol. The van der Waals surface area contributed by atoms with Crippen LogP contribution in [0.1, 0.15) is 33.4 Å². The Balaban J connectivity index is 1.23. The van der Waals surface area contributed by atoms with Crippen molar-refractivity contribution in [1.29, 1.82) is 0 Å². The van der Waals surface area contributed by atoms with Gasteiger partial charge in [-0.2, -0.15) is 0 Å². The zero-order chi connectivity index (χ0) is 37.0. The number of benzene rings is 6. The molecule has 0 radical (unpaired) electrons. The Morgan fingerprint density at radius 1 is 0.481 bits per heavy atom. The Morgan fingerprint density at radius 3 is 1.20 bits per heavy atom. The van der Waals surface area contributed by atoms with Crippen molar-refractivity contribution in [3.8, 4) is 0 Å². The van der Waals surface area contributed by atoms with E-state index in [2.05, 4.69) is 0 Å². The molecule has 1 saturated heterocycles. The summed E-state index contributed by atoms with van der Waals surface area (Å²) in [5.74, 6) is 0. The number of alkyl halides is 1. The van der Waals surface area contributed by atoms with Crippen LogP contribution in [-0.2, 0) is 49.1 Å². The Labute approximate surface area is 316 Å². The van der Waals surface area contributed by atoms with Gasteiger partial charge in [-0.1, -0.05) is 182 Å². The van der Waals surface area contributed by atoms with E-state index in [1.807, 2.05) is 182 Å². The molecule has 0 aromatic heterocycles. The Morgan fingerprint density at radius 2 is 0.815 bits per heavy atom. The highest BCUT2D eigenvalue weighted by atomic mass is 19.1. The van der Waals surface area contributed by atoms with Crippen LogP contribution in [0.5, 0.6) is 0 Å². The molecule has 6 nitrogen and oxygen atoms in total. The molecule has 6 aromatic carbocycles. The zero-order valence-electron chi connectivity index (χ0n) is 30.0. The SMILES string of the molecule is O[C@H]1O[C@H](C(F)COC(c2ccccc2)(c2ccccc2)c2ccccc2)[C@@H](OCc2ccccc2)[C@H](OCc2ccccc2)[C@@H]1OCc1ccccc1. The van der Waals surface area contributed by atoms with Gasteiger partial charge in [0.2, 0.25) is 0 Å². The number of hydrogen-bond acceptors (Lipinski definition) is 6. The molecule has 276 valence electrons. The summed E-state index contributed by atoms with van der Waals surface area (Å²) in [5.41, 5.74) is 4.09. The number of aliphatic hydroxyl groups excluding tert-OH is 1. The van der Waals surface area contributed by atoms with Crippen LogP contribution in [0.3, 0.4) is 0 Å². The maximum Gasteiger partial charge on any atom is 0.184 e. The van der Waals surface area contributed by atoms with E-state index in [0.717, 1.165) is 33.4 Å². The van der Waals surface area contributed by atoms with Gasteiger partial charge in [-0.15, -0.1) is 0 Å². The first-order valence-corrected chi connectivity index (χ1v) is 18.4. The lowest BCUT2D eigenvalue weighted by molar-refractivity contribution is -0.322. The summed E-state index contributed by atoms with van der Waals surface area (Å²) in [6.07, 6.45) is -7.44. The Hall–Kier alpha value is -4.99. The molecule has 54 heavy (non-hydrogen) atoms. The predicted octanol–water partition coefficient (Wildman–Crippen LogP) is 8.81. The van der Waals surface area contributed by atoms with Gasteiger partial charge in [0.25, 0.3) is 0 Å². The molecule has 1 fully saturated rings. The molecular weight excluding hydrogens is 680 g/mol. The van der Waals surface area contributed by atoms with Crippen molar-refractivity contribution in [2.75, 3.05) is 6.61 Å². The van der Waals surface area contributed by atoms with Crippen LogP contribution in [0, 0.1) is 0 Å². The number of rotatable bonds is 16. The van der Waals surface area contributed by atoms with E-state index in [1.54, 1.807) is 0 Å². The summed E-state index contributed by atoms with van der Waals surface area (Å²) in [6, 6.07) is 58.5. The average molecular weight is 725 g/mol. The van der Waals surface area contributed by atoms with Crippen LogP contribution < -0.4 is 0 Å². The van der Waals surface area contributed by atoms with Gasteiger partial charge in [-0.3, -0.25) is 0 Å². The molecule has 6 aromatic rings. The van der Waals surface area contributed by atoms with Crippen molar-refractivity contribution in [3.63, 3.8) is 0 Å². The van der Waals surface area contributed by atoms with E-state index < -0.39 is 42.5 Å². The fourth-order valence-corrected chi connectivity index (χ4v) is 7.07. The lowest BCUT2D eigenvalue weighted by atomic mass is 9.80. The summed E-state index contributed by atoms with van der Waals surface area (Å²) in [5, 5.41) is 11.6. The number of hydrogen-bond donors (Lipinski definition) is 1. The van der Waals surface area contributed by atoms with Gasteiger partial charge >= 0.3 is 0 Å². The highest BCUT2D eigenvalue weighted by Crippen LogP contribution is 2.41. The van der Waals surface area contributed by atoms with Crippen molar-refractivity contribution in [2.24, 2.45) is 0 Å². The molecule has 7 heteroatoms. The van der Waals surface area contributed by atoms with E-state index in [1.165, 1.54) is 0 Å². The first kappa shape index (κ1) is 37.3. The first-order valence-electron chi connectivity index (χ1n) is 18.4. The van der Waals surface area contributed by atoms with Gasteiger partial charge in [-0.05, 0) is 33.4 Å². The lowest BCUT2D eigenvalue weighted by Gasteiger charge is -2.46. The largest absolute Gasteiger partial charge is 0.368 e. The molecule has 0 spiro atoms.